The van der Waals surface area contributed by atoms with E-state index in [0.29, 0.717) is 5.56 Å². The summed E-state index contributed by atoms with van der Waals surface area (Å²) < 4.78 is 42.5. The summed E-state index contributed by atoms with van der Waals surface area (Å²) in [4.78, 5) is 10.7. The summed E-state index contributed by atoms with van der Waals surface area (Å²) in [7, 11) is 1.22. The zero-order valence-corrected chi connectivity index (χ0v) is 21.4. The van der Waals surface area contributed by atoms with Gasteiger partial charge in [-0.05, 0) is 37.3 Å². The second kappa shape index (κ2) is 17.7. The minimum atomic E-state index is -4.96. The lowest BCUT2D eigenvalue weighted by atomic mass is 9.80. The van der Waals surface area contributed by atoms with Crippen molar-refractivity contribution in [3.8, 4) is 0 Å². The van der Waals surface area contributed by atoms with Gasteiger partial charge in [0.25, 0.3) is 0 Å². The Morgan fingerprint density at radius 2 is 1.21 bits per heavy atom. The average Bonchev–Trinajstić information content (AvgIpc) is 2.81. The number of hydrogen-bond acceptors (Lipinski definition) is 2. The van der Waals surface area contributed by atoms with E-state index in [4.69, 9.17) is 0 Å². The average molecular weight is 471 g/mol. The molecule has 1 aromatic rings. The summed E-state index contributed by atoms with van der Waals surface area (Å²) in [5, 5.41) is 0. The van der Waals surface area contributed by atoms with Crippen molar-refractivity contribution in [3.05, 3.63) is 35.9 Å². The molecule has 0 spiro atoms. The highest BCUT2D eigenvalue weighted by Gasteiger charge is 2.25. The maximum Gasteiger partial charge on any atom is 0.509 e. The number of esters is 1. The van der Waals surface area contributed by atoms with Gasteiger partial charge in [0.15, 0.2) is 0 Å². The predicted octanol–water partition coefficient (Wildman–Crippen LogP) is 6.93. The first kappa shape index (κ1) is 31.2. The Morgan fingerprint density at radius 1 is 0.818 bits per heavy atom. The number of carbonyl (C=O) groups is 1. The fourth-order valence-corrected chi connectivity index (χ4v) is 3.70. The molecule has 190 valence electrons. The van der Waals surface area contributed by atoms with Crippen molar-refractivity contribution >= 4 is 24.5 Å². The molecule has 0 saturated heterocycles. The van der Waals surface area contributed by atoms with Crippen LogP contribution in [0.3, 0.4) is 0 Å². The summed E-state index contributed by atoms with van der Waals surface area (Å²) in [6.45, 7) is 10.1. The van der Waals surface area contributed by atoms with E-state index in [9.17, 15) is 17.7 Å². The molecule has 0 aromatic heterocycles. The smallest absolute Gasteiger partial charge is 0.466 e. The summed E-state index contributed by atoms with van der Waals surface area (Å²) in [5.74, 6) is -0.552. The van der Waals surface area contributed by atoms with Gasteiger partial charge in [-0.1, -0.05) is 77.6 Å². The van der Waals surface area contributed by atoms with Crippen LogP contribution in [0.2, 0.25) is 0 Å². The molecule has 1 aromatic carbocycles. The number of methoxy groups -OCH3 is 1. The number of nitrogens with zero attached hydrogens (tertiary/aromatic N) is 1. The molecule has 0 heterocycles. The summed E-state index contributed by atoms with van der Waals surface area (Å²) in [6, 6.07) is 4.56. The Labute approximate surface area is 200 Å². The Balaban J connectivity index is 0.000000621. The fourth-order valence-electron chi connectivity index (χ4n) is 3.70. The molecule has 0 saturated carbocycles. The molecular formula is C26H45BF3NO2. The number of rotatable bonds is 15. The summed E-state index contributed by atoms with van der Waals surface area (Å²) >= 11 is 0. The third-order valence-electron chi connectivity index (χ3n) is 5.87. The van der Waals surface area contributed by atoms with Crippen molar-refractivity contribution in [3.63, 3.8) is 0 Å². The van der Waals surface area contributed by atoms with Crippen LogP contribution >= 0.6 is 0 Å². The van der Waals surface area contributed by atoms with Crippen LogP contribution < -0.4 is 5.46 Å². The number of benzene rings is 1. The predicted molar refractivity (Wildman–Crippen MR) is 136 cm³/mol. The number of hydrogen-bond donors (Lipinski definition) is 0. The van der Waals surface area contributed by atoms with Crippen molar-refractivity contribution in [2.75, 3.05) is 33.3 Å². The Hall–Kier alpha value is -1.76. The standard InChI is InChI=1S/C16H36N.C10H9BF3O2/c1-5-9-13-17(14-10-6-2,15-11-7-3)16-12-8-4;1-16-10(15)7-4-8-2-5-9(6-3-8)11(12,13)14/h5-16H2,1-4H3;2-7H,1H3/q+1;-1/b;7-4+. The fraction of sp³-hybridized carbons (Fsp3) is 0.654. The lowest BCUT2D eigenvalue weighted by Gasteiger charge is -2.39. The van der Waals surface area contributed by atoms with Gasteiger partial charge in [0.1, 0.15) is 0 Å². The van der Waals surface area contributed by atoms with E-state index in [0.717, 1.165) is 18.2 Å². The number of unbranched alkanes of at least 4 members (excludes halogenated alkanes) is 4. The highest BCUT2D eigenvalue weighted by Crippen LogP contribution is 2.16. The van der Waals surface area contributed by atoms with Crippen molar-refractivity contribution in [1.82, 2.24) is 0 Å². The molecule has 0 aliphatic heterocycles. The maximum absolute atomic E-state index is 12.3. The molecule has 3 nitrogen and oxygen atoms in total. The normalized spacial score (nSPS) is 11.9. The SMILES string of the molecule is CCCC[N+](CCCC)(CCCC)CCCC.COC(=O)/C=C/c1ccc([B-](F)(F)F)cc1. The molecule has 0 atom stereocenters. The van der Waals surface area contributed by atoms with E-state index < -0.39 is 18.4 Å². The van der Waals surface area contributed by atoms with Crippen LogP contribution in [0.4, 0.5) is 12.9 Å². The second-order valence-electron chi connectivity index (χ2n) is 8.75. The first-order valence-electron chi connectivity index (χ1n) is 12.6. The quantitative estimate of drug-likeness (QED) is 0.120. The van der Waals surface area contributed by atoms with Crippen LogP contribution in [0.5, 0.6) is 0 Å². The van der Waals surface area contributed by atoms with E-state index in [1.54, 1.807) is 0 Å². The van der Waals surface area contributed by atoms with Gasteiger partial charge in [0.05, 0.1) is 33.3 Å². The first-order valence-corrected chi connectivity index (χ1v) is 12.6. The Kier molecular flexibility index (Phi) is 16.7. The van der Waals surface area contributed by atoms with Gasteiger partial charge in [-0.15, -0.1) is 5.46 Å². The lowest BCUT2D eigenvalue weighted by molar-refractivity contribution is -0.929. The van der Waals surface area contributed by atoms with Crippen LogP contribution in [-0.4, -0.2) is 50.7 Å². The number of ether oxygens (including phenoxy) is 1. The summed E-state index contributed by atoms with van der Waals surface area (Å²) in [5.41, 5.74) is -0.149. The van der Waals surface area contributed by atoms with Gasteiger partial charge in [0.2, 0.25) is 0 Å². The second-order valence-corrected chi connectivity index (χ2v) is 8.75. The molecule has 0 N–H and O–H groups in total. The van der Waals surface area contributed by atoms with E-state index in [1.807, 2.05) is 0 Å². The van der Waals surface area contributed by atoms with Gasteiger partial charge in [-0.2, -0.15) is 0 Å². The third kappa shape index (κ3) is 14.2. The molecule has 0 radical (unpaired) electrons. The topological polar surface area (TPSA) is 26.3 Å². The van der Waals surface area contributed by atoms with Gasteiger partial charge >= 0.3 is 12.9 Å². The van der Waals surface area contributed by atoms with E-state index in [2.05, 4.69) is 32.4 Å². The monoisotopic (exact) mass is 471 g/mol. The minimum absolute atomic E-state index is 0.509. The highest BCUT2D eigenvalue weighted by molar-refractivity contribution is 6.73. The zero-order chi connectivity index (χ0) is 25.2. The molecule has 0 aliphatic rings. The zero-order valence-electron chi connectivity index (χ0n) is 21.4. The highest BCUT2D eigenvalue weighted by atomic mass is 19.4. The van der Waals surface area contributed by atoms with E-state index in [-0.39, 0.29) is 0 Å². The molecule has 1 rings (SSSR count). The van der Waals surface area contributed by atoms with E-state index >= 15 is 0 Å². The number of carbonyl (C=O) groups excluding carboxylic acids is 1. The Bertz CT molecular complexity index is 623. The lowest BCUT2D eigenvalue weighted by Crippen LogP contribution is -2.50. The molecule has 0 fully saturated rings. The molecule has 33 heavy (non-hydrogen) atoms. The van der Waals surface area contributed by atoms with Crippen molar-refractivity contribution in [2.45, 2.75) is 79.1 Å². The minimum Gasteiger partial charge on any atom is -0.466 e. The van der Waals surface area contributed by atoms with Crippen LogP contribution in [0.25, 0.3) is 6.08 Å². The molecule has 0 amide bonds. The molecule has 7 heteroatoms. The van der Waals surface area contributed by atoms with Crippen molar-refractivity contribution < 1.29 is 27.0 Å². The van der Waals surface area contributed by atoms with Gasteiger partial charge in [0, 0.05) is 6.08 Å². The Morgan fingerprint density at radius 3 is 1.52 bits per heavy atom. The molecule has 0 bridgehead atoms. The van der Waals surface area contributed by atoms with Crippen LogP contribution in [0.1, 0.15) is 84.6 Å². The van der Waals surface area contributed by atoms with Crippen LogP contribution in [0, 0.1) is 0 Å². The molecular weight excluding hydrogens is 426 g/mol. The van der Waals surface area contributed by atoms with E-state index in [1.165, 1.54) is 107 Å². The van der Waals surface area contributed by atoms with Crippen molar-refractivity contribution in [1.29, 1.82) is 0 Å². The number of quaternary nitrogens is 1. The molecule has 0 unspecified atom stereocenters. The first-order chi connectivity index (χ1) is 15.7. The van der Waals surface area contributed by atoms with Gasteiger partial charge in [-0.25, -0.2) is 4.79 Å². The summed E-state index contributed by atoms with van der Waals surface area (Å²) in [6.07, 6.45) is 13.6. The van der Waals surface area contributed by atoms with Crippen LogP contribution in [0.15, 0.2) is 30.3 Å². The van der Waals surface area contributed by atoms with Crippen molar-refractivity contribution in [2.24, 2.45) is 0 Å². The maximum atomic E-state index is 12.3. The number of halogens is 3. The van der Waals surface area contributed by atoms with Gasteiger partial charge < -0.3 is 22.2 Å². The third-order valence-corrected chi connectivity index (χ3v) is 5.87. The van der Waals surface area contributed by atoms with Crippen LogP contribution in [-0.2, 0) is 9.53 Å². The van der Waals surface area contributed by atoms with Gasteiger partial charge in [-0.3, -0.25) is 0 Å². The largest absolute Gasteiger partial charge is 0.509 e. The molecule has 0 aliphatic carbocycles.